The summed E-state index contributed by atoms with van der Waals surface area (Å²) in [6.45, 7) is 6.08. The molecule has 0 saturated heterocycles. The van der Waals surface area contributed by atoms with Gasteiger partial charge in [-0.2, -0.15) is 23.0 Å². The maximum atomic E-state index is 13.0. The van der Waals surface area contributed by atoms with Crippen molar-refractivity contribution in [3.63, 3.8) is 0 Å². The van der Waals surface area contributed by atoms with E-state index in [1.807, 2.05) is 11.6 Å². The number of nitrogens with one attached hydrogen (secondary N) is 4. The Bertz CT molecular complexity index is 1780. The van der Waals surface area contributed by atoms with Crippen molar-refractivity contribution in [2.45, 2.75) is 50.9 Å². The van der Waals surface area contributed by atoms with Gasteiger partial charge in [0.05, 0.1) is 16.6 Å². The van der Waals surface area contributed by atoms with E-state index in [1.165, 1.54) is 0 Å². The number of aromatic amines is 1. The molecule has 4 aromatic rings. The number of carboxylic acids is 2. The molecule has 0 spiro atoms. The number of imidazole rings is 1. The summed E-state index contributed by atoms with van der Waals surface area (Å²) in [6, 6.07) is 6.94. The maximum Gasteiger partial charge on any atom is 0.490 e. The standard InChI is InChI=1S/C26H31N7O5S.C2HF3O2/c1-16-11-17(2)23(18(3)12-16)39(37,38)32-21(25(35)36)15-30-24(34)19-5-6-22-20(13-19)14-31-33(22)10-4-7-27-26-28-8-9-29-26;3-2(4,5)1(6)7/h5-6,8-9,11-14,21,32H,4,7,10,15H2,1-3H3,(H,30,34)(H,35,36)(H2,27,28,29);(H,6,7)/t21-;/m0./s1. The summed E-state index contributed by atoms with van der Waals surface area (Å²) in [5.41, 5.74) is 3.07. The van der Waals surface area contributed by atoms with E-state index >= 15 is 0 Å². The highest BCUT2D eigenvalue weighted by molar-refractivity contribution is 7.89. The van der Waals surface area contributed by atoms with E-state index < -0.39 is 46.6 Å². The molecule has 4 rings (SSSR count). The minimum Gasteiger partial charge on any atom is -0.480 e. The zero-order valence-corrected chi connectivity index (χ0v) is 25.7. The van der Waals surface area contributed by atoms with Crippen LogP contribution in [-0.2, 0) is 26.2 Å². The SMILES string of the molecule is Cc1cc(C)c(S(=O)(=O)N[C@@H](CNC(=O)c2ccc3c(cnn3CCCNc3ncc[nH]3)c2)C(=O)O)c(C)c1.O=C(O)C(F)(F)F. The molecule has 2 aromatic carbocycles. The Kier molecular flexibility index (Phi) is 11.5. The number of hydrogen-bond donors (Lipinski definition) is 6. The lowest BCUT2D eigenvalue weighted by Gasteiger charge is -2.18. The van der Waals surface area contributed by atoms with Crippen LogP contribution < -0.4 is 15.4 Å². The van der Waals surface area contributed by atoms with Crippen LogP contribution in [0.3, 0.4) is 0 Å². The largest absolute Gasteiger partial charge is 0.490 e. The lowest BCUT2D eigenvalue weighted by atomic mass is 10.1. The van der Waals surface area contributed by atoms with Crippen molar-refractivity contribution < 1.29 is 46.2 Å². The monoisotopic (exact) mass is 667 g/mol. The molecule has 0 radical (unpaired) electrons. The van der Waals surface area contributed by atoms with Crippen molar-refractivity contribution in [2.24, 2.45) is 0 Å². The van der Waals surface area contributed by atoms with Gasteiger partial charge in [0.1, 0.15) is 6.04 Å². The van der Waals surface area contributed by atoms with Gasteiger partial charge >= 0.3 is 18.1 Å². The van der Waals surface area contributed by atoms with Crippen LogP contribution in [-0.4, -0.2) is 81.5 Å². The van der Waals surface area contributed by atoms with Crippen LogP contribution in [0, 0.1) is 20.8 Å². The van der Waals surface area contributed by atoms with E-state index in [1.54, 1.807) is 62.8 Å². The second-order valence-electron chi connectivity index (χ2n) is 10.1. The lowest BCUT2D eigenvalue weighted by molar-refractivity contribution is -0.192. The molecule has 46 heavy (non-hydrogen) atoms. The lowest BCUT2D eigenvalue weighted by Crippen LogP contribution is -2.48. The minimum atomic E-state index is -5.08. The van der Waals surface area contributed by atoms with Crippen LogP contribution >= 0.6 is 0 Å². The molecular formula is C28H32F3N7O7S. The van der Waals surface area contributed by atoms with Crippen molar-refractivity contribution >= 4 is 44.7 Å². The number of fused-ring (bicyclic) bond motifs is 1. The van der Waals surface area contributed by atoms with Crippen LogP contribution in [0.1, 0.15) is 33.5 Å². The average molecular weight is 668 g/mol. The van der Waals surface area contributed by atoms with E-state index in [4.69, 9.17) is 9.90 Å². The van der Waals surface area contributed by atoms with Gasteiger partial charge in [-0.3, -0.25) is 14.3 Å². The van der Waals surface area contributed by atoms with Gasteiger partial charge in [-0.05, 0) is 56.5 Å². The molecule has 1 amide bonds. The number of rotatable bonds is 12. The third kappa shape index (κ3) is 9.51. The normalized spacial score (nSPS) is 12.2. The Morgan fingerprint density at radius 1 is 1.07 bits per heavy atom. The smallest absolute Gasteiger partial charge is 0.480 e. The Balaban J connectivity index is 0.000000738. The van der Waals surface area contributed by atoms with Gasteiger partial charge in [-0.1, -0.05) is 17.7 Å². The van der Waals surface area contributed by atoms with Gasteiger partial charge in [0.15, 0.2) is 5.95 Å². The molecule has 0 fully saturated rings. The van der Waals surface area contributed by atoms with Crippen molar-refractivity contribution in [1.82, 2.24) is 29.8 Å². The average Bonchev–Trinajstić information content (AvgIpc) is 3.62. The van der Waals surface area contributed by atoms with Crippen LogP contribution in [0.25, 0.3) is 10.9 Å². The summed E-state index contributed by atoms with van der Waals surface area (Å²) in [5, 5.41) is 27.6. The number of benzene rings is 2. The van der Waals surface area contributed by atoms with E-state index in [0.717, 1.165) is 22.9 Å². The molecule has 0 saturated carbocycles. The highest BCUT2D eigenvalue weighted by Gasteiger charge is 2.38. The molecule has 1 atom stereocenters. The number of aliphatic carboxylic acids is 2. The van der Waals surface area contributed by atoms with Crippen LogP contribution in [0.5, 0.6) is 0 Å². The molecular weight excluding hydrogens is 635 g/mol. The minimum absolute atomic E-state index is 0.0323. The molecule has 0 aliphatic carbocycles. The summed E-state index contributed by atoms with van der Waals surface area (Å²) < 4.78 is 61.8. The van der Waals surface area contributed by atoms with E-state index in [-0.39, 0.29) is 4.90 Å². The number of anilines is 1. The molecule has 0 unspecified atom stereocenters. The van der Waals surface area contributed by atoms with E-state index in [2.05, 4.69) is 30.4 Å². The molecule has 14 nitrogen and oxygen atoms in total. The number of halogens is 3. The molecule has 6 N–H and O–H groups in total. The Labute approximate surface area is 261 Å². The fraction of sp³-hybridized carbons (Fsp3) is 0.321. The molecule has 2 heterocycles. The first kappa shape index (κ1) is 35.5. The van der Waals surface area contributed by atoms with Gasteiger partial charge in [-0.25, -0.2) is 18.2 Å². The van der Waals surface area contributed by atoms with Crippen LogP contribution in [0.15, 0.2) is 53.8 Å². The number of nitrogens with zero attached hydrogens (tertiary/aromatic N) is 3. The van der Waals surface area contributed by atoms with Crippen LogP contribution in [0.2, 0.25) is 0 Å². The number of alkyl halides is 3. The number of H-pyrrole nitrogens is 1. The zero-order valence-electron chi connectivity index (χ0n) is 24.8. The fourth-order valence-corrected chi connectivity index (χ4v) is 6.16. The number of carbonyl (C=O) groups excluding carboxylic acids is 1. The van der Waals surface area contributed by atoms with Crippen molar-refractivity contribution in [3.05, 3.63) is 71.2 Å². The van der Waals surface area contributed by atoms with Gasteiger partial charge in [0.2, 0.25) is 10.0 Å². The summed E-state index contributed by atoms with van der Waals surface area (Å²) in [4.78, 5) is 40.7. The van der Waals surface area contributed by atoms with Gasteiger partial charge < -0.3 is 25.8 Å². The van der Waals surface area contributed by atoms with Crippen LogP contribution in [0.4, 0.5) is 19.1 Å². The number of sulfonamides is 1. The first-order chi connectivity index (χ1) is 21.5. The number of carboxylic acid groups (broad SMARTS) is 2. The first-order valence-corrected chi connectivity index (χ1v) is 15.1. The first-order valence-electron chi connectivity index (χ1n) is 13.6. The fourth-order valence-electron chi connectivity index (χ4n) is 4.52. The molecule has 18 heteroatoms. The number of aromatic nitrogens is 4. The second-order valence-corrected chi connectivity index (χ2v) is 11.8. The number of hydrogen-bond acceptors (Lipinski definition) is 8. The molecule has 248 valence electrons. The van der Waals surface area contributed by atoms with Crippen molar-refractivity contribution in [2.75, 3.05) is 18.4 Å². The maximum absolute atomic E-state index is 13.0. The molecule has 2 aromatic heterocycles. The third-order valence-corrected chi connectivity index (χ3v) is 8.20. The number of aryl methyl sites for hydroxylation is 4. The van der Waals surface area contributed by atoms with E-state index in [0.29, 0.717) is 35.7 Å². The quantitative estimate of drug-likeness (QED) is 0.122. The van der Waals surface area contributed by atoms with E-state index in [9.17, 15) is 36.3 Å². The highest BCUT2D eigenvalue weighted by atomic mass is 32.2. The molecule has 0 bridgehead atoms. The molecule has 0 aliphatic rings. The van der Waals surface area contributed by atoms with Gasteiger partial charge in [0, 0.05) is 43.0 Å². The Morgan fingerprint density at radius 2 is 1.72 bits per heavy atom. The summed E-state index contributed by atoms with van der Waals surface area (Å²) in [5.74, 6) is -3.98. The third-order valence-electron chi connectivity index (χ3n) is 6.42. The predicted molar refractivity (Wildman–Crippen MR) is 160 cm³/mol. The summed E-state index contributed by atoms with van der Waals surface area (Å²) in [7, 11) is -4.15. The van der Waals surface area contributed by atoms with Crippen molar-refractivity contribution in [3.8, 4) is 0 Å². The second kappa shape index (κ2) is 14.9. The summed E-state index contributed by atoms with van der Waals surface area (Å²) >= 11 is 0. The zero-order chi connectivity index (χ0) is 34.2. The van der Waals surface area contributed by atoms with Gasteiger partial charge in [-0.15, -0.1) is 0 Å². The Morgan fingerprint density at radius 3 is 2.28 bits per heavy atom. The summed E-state index contributed by atoms with van der Waals surface area (Å²) in [6.07, 6.45) is 0.787. The Hall–Kier alpha value is -4.97. The number of amides is 1. The number of carbonyl (C=O) groups is 3. The molecule has 0 aliphatic heterocycles. The predicted octanol–water partition coefficient (Wildman–Crippen LogP) is 2.98. The highest BCUT2D eigenvalue weighted by Crippen LogP contribution is 2.22. The topological polar surface area (TPSA) is 208 Å². The van der Waals surface area contributed by atoms with Gasteiger partial charge in [0.25, 0.3) is 5.91 Å². The van der Waals surface area contributed by atoms with Crippen molar-refractivity contribution in [1.29, 1.82) is 0 Å².